The summed E-state index contributed by atoms with van der Waals surface area (Å²) in [6.45, 7) is 2.96. The van der Waals surface area contributed by atoms with Gasteiger partial charge in [-0.15, -0.1) is 0 Å². The third kappa shape index (κ3) is 4.47. The minimum absolute atomic E-state index is 0.159. The molecule has 0 bridgehead atoms. The summed E-state index contributed by atoms with van der Waals surface area (Å²) < 4.78 is 4.97. The highest BCUT2D eigenvalue weighted by Crippen LogP contribution is 2.24. The van der Waals surface area contributed by atoms with Crippen LogP contribution in [-0.2, 0) is 9.53 Å². The molecule has 2 N–H and O–H groups in total. The van der Waals surface area contributed by atoms with E-state index in [-0.39, 0.29) is 6.42 Å². The molecule has 0 radical (unpaired) electrons. The Bertz CT molecular complexity index is 234. The minimum atomic E-state index is -1.04. The maximum Gasteiger partial charge on any atom is 0.306 e. The molecular formula is C11H21NO4. The van der Waals surface area contributed by atoms with Gasteiger partial charge >= 0.3 is 5.97 Å². The number of hydrogen-bond acceptors (Lipinski definition) is 4. The normalized spacial score (nSPS) is 26.9. The lowest BCUT2D eigenvalue weighted by Crippen LogP contribution is -2.49. The Hall–Kier alpha value is -0.650. The Morgan fingerprint density at radius 2 is 2.31 bits per heavy atom. The maximum absolute atomic E-state index is 10.6. The van der Waals surface area contributed by atoms with Crippen LogP contribution in [0.2, 0.25) is 0 Å². The molecule has 1 aliphatic rings. The van der Waals surface area contributed by atoms with Crippen molar-refractivity contribution in [3.63, 3.8) is 0 Å². The molecule has 0 aliphatic carbocycles. The number of β-amino-alcohol motifs (C(OH)–C–C–N with tert-alkyl or cyclic N) is 1. The van der Waals surface area contributed by atoms with Gasteiger partial charge < -0.3 is 19.8 Å². The predicted octanol–water partition coefficient (Wildman–Crippen LogP) is 0.324. The predicted molar refractivity (Wildman–Crippen MR) is 59.4 cm³/mol. The summed E-state index contributed by atoms with van der Waals surface area (Å²) in [6.07, 6.45) is 2.20. The van der Waals surface area contributed by atoms with Crippen molar-refractivity contribution >= 4 is 5.97 Å². The van der Waals surface area contributed by atoms with E-state index >= 15 is 0 Å². The monoisotopic (exact) mass is 231 g/mol. The van der Waals surface area contributed by atoms with Crippen LogP contribution in [0.3, 0.4) is 0 Å². The number of nitrogens with zero attached hydrogens (tertiary/aromatic N) is 1. The highest BCUT2D eigenvalue weighted by atomic mass is 16.5. The number of carbonyl (C=O) groups is 1. The van der Waals surface area contributed by atoms with E-state index in [1.807, 2.05) is 0 Å². The Morgan fingerprint density at radius 1 is 1.56 bits per heavy atom. The van der Waals surface area contributed by atoms with Gasteiger partial charge in [-0.2, -0.15) is 0 Å². The van der Waals surface area contributed by atoms with Gasteiger partial charge in [-0.1, -0.05) is 0 Å². The quantitative estimate of drug-likeness (QED) is 0.644. The van der Waals surface area contributed by atoms with Crippen molar-refractivity contribution in [1.82, 2.24) is 4.90 Å². The van der Waals surface area contributed by atoms with Crippen molar-refractivity contribution in [2.45, 2.75) is 31.3 Å². The molecule has 1 aliphatic heterocycles. The Labute approximate surface area is 96.0 Å². The number of aliphatic carboxylic acids is 1. The van der Waals surface area contributed by atoms with Crippen LogP contribution >= 0.6 is 0 Å². The lowest BCUT2D eigenvalue weighted by Gasteiger charge is -2.38. The fraction of sp³-hybridized carbons (Fsp3) is 0.909. The van der Waals surface area contributed by atoms with Crippen molar-refractivity contribution in [1.29, 1.82) is 0 Å². The Balaban J connectivity index is 2.36. The number of methoxy groups -OCH3 is 1. The smallest absolute Gasteiger partial charge is 0.306 e. The van der Waals surface area contributed by atoms with Gasteiger partial charge in [0.2, 0.25) is 0 Å². The fourth-order valence-electron chi connectivity index (χ4n) is 2.26. The maximum atomic E-state index is 10.6. The second-order valence-corrected chi connectivity index (χ2v) is 4.52. The summed E-state index contributed by atoms with van der Waals surface area (Å²) >= 11 is 0. The van der Waals surface area contributed by atoms with Crippen molar-refractivity contribution in [2.24, 2.45) is 0 Å². The van der Waals surface area contributed by atoms with Gasteiger partial charge in [0.05, 0.1) is 12.0 Å². The number of piperidine rings is 1. The first-order valence-electron chi connectivity index (χ1n) is 5.71. The highest BCUT2D eigenvalue weighted by molar-refractivity contribution is 5.68. The van der Waals surface area contributed by atoms with Crippen LogP contribution in [-0.4, -0.2) is 60.0 Å². The number of carboxylic acid groups (broad SMARTS) is 1. The van der Waals surface area contributed by atoms with Crippen LogP contribution in [0.5, 0.6) is 0 Å². The molecule has 0 aromatic heterocycles. The molecule has 94 valence electrons. The molecule has 1 unspecified atom stereocenters. The second-order valence-electron chi connectivity index (χ2n) is 4.52. The van der Waals surface area contributed by atoms with E-state index in [1.165, 1.54) is 0 Å². The van der Waals surface area contributed by atoms with Gasteiger partial charge in [0.1, 0.15) is 0 Å². The van der Waals surface area contributed by atoms with Gasteiger partial charge in [0.25, 0.3) is 0 Å². The third-order valence-corrected chi connectivity index (χ3v) is 2.94. The van der Waals surface area contributed by atoms with Crippen molar-refractivity contribution in [2.75, 3.05) is 33.4 Å². The van der Waals surface area contributed by atoms with E-state index in [4.69, 9.17) is 9.84 Å². The molecule has 1 atom stereocenters. The summed E-state index contributed by atoms with van der Waals surface area (Å²) in [5.74, 6) is -0.929. The SMILES string of the molecule is COCCCN1CCCC(O)(CC(=O)O)C1. The van der Waals surface area contributed by atoms with Crippen LogP contribution in [0.4, 0.5) is 0 Å². The topological polar surface area (TPSA) is 70.0 Å². The van der Waals surface area contributed by atoms with Gasteiger partial charge in [-0.05, 0) is 25.8 Å². The van der Waals surface area contributed by atoms with Crippen molar-refractivity contribution in [3.8, 4) is 0 Å². The second kappa shape index (κ2) is 6.18. The number of aliphatic hydroxyl groups is 1. The van der Waals surface area contributed by atoms with E-state index in [0.29, 0.717) is 19.6 Å². The minimum Gasteiger partial charge on any atom is -0.481 e. The summed E-state index contributed by atoms with van der Waals surface area (Å²) in [5, 5.41) is 18.8. The largest absolute Gasteiger partial charge is 0.481 e. The average molecular weight is 231 g/mol. The molecule has 1 saturated heterocycles. The van der Waals surface area contributed by atoms with E-state index in [1.54, 1.807) is 7.11 Å². The Kier molecular flexibility index (Phi) is 5.18. The number of likely N-dealkylation sites (tertiary alicyclic amines) is 1. The summed E-state index contributed by atoms with van der Waals surface area (Å²) in [4.78, 5) is 12.8. The van der Waals surface area contributed by atoms with Crippen molar-refractivity contribution < 1.29 is 19.7 Å². The van der Waals surface area contributed by atoms with Crippen molar-refractivity contribution in [3.05, 3.63) is 0 Å². The molecular weight excluding hydrogens is 210 g/mol. The number of ether oxygens (including phenoxy) is 1. The highest BCUT2D eigenvalue weighted by Gasteiger charge is 2.34. The molecule has 0 amide bonds. The first-order valence-corrected chi connectivity index (χ1v) is 5.71. The van der Waals surface area contributed by atoms with Crippen LogP contribution in [0.15, 0.2) is 0 Å². The molecule has 1 fully saturated rings. The van der Waals surface area contributed by atoms with Crippen LogP contribution < -0.4 is 0 Å². The van der Waals surface area contributed by atoms with Gasteiger partial charge in [0, 0.05) is 26.8 Å². The number of rotatable bonds is 6. The van der Waals surface area contributed by atoms with Crippen LogP contribution in [0.1, 0.15) is 25.7 Å². The standard InChI is InChI=1S/C11H21NO4/c1-16-7-3-6-12-5-2-4-11(15,9-12)8-10(13)14/h15H,2-9H2,1H3,(H,13,14). The molecule has 16 heavy (non-hydrogen) atoms. The number of hydrogen-bond donors (Lipinski definition) is 2. The molecule has 1 rings (SSSR count). The zero-order valence-corrected chi connectivity index (χ0v) is 9.81. The van der Waals surface area contributed by atoms with Crippen LogP contribution in [0, 0.1) is 0 Å². The van der Waals surface area contributed by atoms with E-state index in [2.05, 4.69) is 4.90 Å². The lowest BCUT2D eigenvalue weighted by atomic mass is 9.89. The molecule has 5 heteroatoms. The molecule has 1 heterocycles. The van der Waals surface area contributed by atoms with E-state index < -0.39 is 11.6 Å². The van der Waals surface area contributed by atoms with E-state index in [0.717, 1.165) is 25.9 Å². The Morgan fingerprint density at radius 3 is 2.94 bits per heavy atom. The zero-order chi connectivity index (χ0) is 12.0. The average Bonchev–Trinajstić information content (AvgIpc) is 2.16. The van der Waals surface area contributed by atoms with Gasteiger partial charge in [0.15, 0.2) is 0 Å². The summed E-state index contributed by atoms with van der Waals surface area (Å²) in [7, 11) is 1.66. The third-order valence-electron chi connectivity index (χ3n) is 2.94. The number of carboxylic acids is 1. The fourth-order valence-corrected chi connectivity index (χ4v) is 2.26. The molecule has 0 aromatic carbocycles. The molecule has 0 aromatic rings. The van der Waals surface area contributed by atoms with Crippen LogP contribution in [0.25, 0.3) is 0 Å². The molecule has 0 spiro atoms. The van der Waals surface area contributed by atoms with Gasteiger partial charge in [-0.3, -0.25) is 4.79 Å². The van der Waals surface area contributed by atoms with E-state index in [9.17, 15) is 9.90 Å². The first kappa shape index (κ1) is 13.4. The first-order chi connectivity index (χ1) is 7.56. The summed E-state index contributed by atoms with van der Waals surface area (Å²) in [6, 6.07) is 0. The molecule has 5 nitrogen and oxygen atoms in total. The zero-order valence-electron chi connectivity index (χ0n) is 9.81. The van der Waals surface area contributed by atoms with Gasteiger partial charge in [-0.25, -0.2) is 0 Å². The lowest BCUT2D eigenvalue weighted by molar-refractivity contribution is -0.145. The molecule has 0 saturated carbocycles. The summed E-state index contributed by atoms with van der Waals surface area (Å²) in [5.41, 5.74) is -1.04.